The minimum Gasteiger partial charge on any atom is -0.387 e. The number of aliphatic hydroxyl groups excluding tert-OH is 1. The predicted molar refractivity (Wildman–Crippen MR) is 68.3 cm³/mol. The lowest BCUT2D eigenvalue weighted by Gasteiger charge is -2.32. The molecule has 1 saturated heterocycles. The SMILES string of the molecule is CC1CN(CC(O)c2cccc(C(F)(F)F)c2)CCO1. The van der Waals surface area contributed by atoms with Crippen LogP contribution in [0.2, 0.25) is 0 Å². The van der Waals surface area contributed by atoms with Gasteiger partial charge in [0.25, 0.3) is 0 Å². The third kappa shape index (κ3) is 3.94. The molecular weight excluding hydrogens is 271 g/mol. The van der Waals surface area contributed by atoms with Crippen LogP contribution >= 0.6 is 0 Å². The minimum absolute atomic E-state index is 0.0810. The van der Waals surface area contributed by atoms with Gasteiger partial charge in [-0.25, -0.2) is 0 Å². The molecule has 3 nitrogen and oxygen atoms in total. The summed E-state index contributed by atoms with van der Waals surface area (Å²) in [6.45, 7) is 4.19. The van der Waals surface area contributed by atoms with Crippen molar-refractivity contribution in [3.63, 3.8) is 0 Å². The molecule has 1 aromatic rings. The van der Waals surface area contributed by atoms with Gasteiger partial charge in [0.1, 0.15) is 0 Å². The van der Waals surface area contributed by atoms with Gasteiger partial charge in [-0.3, -0.25) is 4.90 Å². The molecule has 2 rings (SSSR count). The molecule has 0 aromatic heterocycles. The van der Waals surface area contributed by atoms with Crippen molar-refractivity contribution in [2.75, 3.05) is 26.2 Å². The number of halogens is 3. The normalized spacial score (nSPS) is 22.8. The quantitative estimate of drug-likeness (QED) is 0.928. The molecule has 1 aromatic carbocycles. The second-order valence-corrected chi connectivity index (χ2v) is 5.08. The Balaban J connectivity index is 2.03. The fourth-order valence-electron chi connectivity index (χ4n) is 2.33. The molecule has 20 heavy (non-hydrogen) atoms. The Labute approximate surface area is 116 Å². The number of benzene rings is 1. The Kier molecular flexibility index (Phi) is 4.67. The molecule has 1 fully saturated rings. The van der Waals surface area contributed by atoms with Gasteiger partial charge in [0.2, 0.25) is 0 Å². The van der Waals surface area contributed by atoms with E-state index in [0.29, 0.717) is 31.8 Å². The van der Waals surface area contributed by atoms with Crippen molar-refractivity contribution in [1.82, 2.24) is 4.90 Å². The van der Waals surface area contributed by atoms with Gasteiger partial charge in [-0.2, -0.15) is 13.2 Å². The number of hydrogen-bond acceptors (Lipinski definition) is 3. The van der Waals surface area contributed by atoms with E-state index in [0.717, 1.165) is 12.1 Å². The van der Waals surface area contributed by atoms with E-state index in [2.05, 4.69) is 0 Å². The van der Waals surface area contributed by atoms with E-state index < -0.39 is 17.8 Å². The number of rotatable bonds is 3. The van der Waals surface area contributed by atoms with Crippen LogP contribution in [0.4, 0.5) is 13.2 Å². The van der Waals surface area contributed by atoms with Gasteiger partial charge in [0.05, 0.1) is 24.4 Å². The van der Waals surface area contributed by atoms with E-state index in [1.807, 2.05) is 11.8 Å². The fourth-order valence-corrected chi connectivity index (χ4v) is 2.33. The van der Waals surface area contributed by atoms with Crippen LogP contribution in [0.15, 0.2) is 24.3 Å². The molecule has 0 bridgehead atoms. The molecule has 0 saturated carbocycles. The number of alkyl halides is 3. The molecule has 1 aliphatic rings. The summed E-state index contributed by atoms with van der Waals surface area (Å²) < 4.78 is 43.3. The number of β-amino-alcohol motifs (C(OH)–C–C–N with tert-alkyl or cyclic N) is 1. The molecule has 0 aliphatic carbocycles. The highest BCUT2D eigenvalue weighted by atomic mass is 19.4. The van der Waals surface area contributed by atoms with Gasteiger partial charge in [0, 0.05) is 19.6 Å². The Bertz CT molecular complexity index is 450. The van der Waals surface area contributed by atoms with E-state index in [1.54, 1.807) is 0 Å². The van der Waals surface area contributed by atoms with E-state index in [-0.39, 0.29) is 6.10 Å². The summed E-state index contributed by atoms with van der Waals surface area (Å²) in [5.74, 6) is 0. The number of ether oxygens (including phenoxy) is 1. The van der Waals surface area contributed by atoms with E-state index in [1.165, 1.54) is 12.1 Å². The van der Waals surface area contributed by atoms with Crippen LogP contribution in [-0.4, -0.2) is 42.4 Å². The summed E-state index contributed by atoms with van der Waals surface area (Å²) >= 11 is 0. The maximum absolute atomic E-state index is 12.6. The third-order valence-electron chi connectivity index (χ3n) is 3.36. The predicted octanol–water partition coefficient (Wildman–Crippen LogP) is 2.46. The molecule has 112 valence electrons. The zero-order valence-corrected chi connectivity index (χ0v) is 11.2. The number of aliphatic hydroxyl groups is 1. The van der Waals surface area contributed by atoms with Crippen LogP contribution in [0.3, 0.4) is 0 Å². The Hall–Kier alpha value is -1.11. The summed E-state index contributed by atoms with van der Waals surface area (Å²) in [6.07, 6.45) is -5.23. The van der Waals surface area contributed by atoms with Crippen LogP contribution in [0.1, 0.15) is 24.2 Å². The molecule has 6 heteroatoms. The fraction of sp³-hybridized carbons (Fsp3) is 0.571. The van der Waals surface area contributed by atoms with Gasteiger partial charge < -0.3 is 9.84 Å². The van der Waals surface area contributed by atoms with E-state index >= 15 is 0 Å². The van der Waals surface area contributed by atoms with Crippen LogP contribution in [0.25, 0.3) is 0 Å². The van der Waals surface area contributed by atoms with E-state index in [9.17, 15) is 18.3 Å². The highest BCUT2D eigenvalue weighted by Crippen LogP contribution is 2.30. The average Bonchev–Trinajstić information content (AvgIpc) is 2.38. The summed E-state index contributed by atoms with van der Waals surface area (Å²) in [5, 5.41) is 10.1. The smallest absolute Gasteiger partial charge is 0.387 e. The first kappa shape index (κ1) is 15.3. The first-order chi connectivity index (χ1) is 9.36. The lowest BCUT2D eigenvalue weighted by molar-refractivity contribution is -0.137. The molecular formula is C14H18F3NO2. The van der Waals surface area contributed by atoms with Gasteiger partial charge in [-0.05, 0) is 24.6 Å². The lowest BCUT2D eigenvalue weighted by atomic mass is 10.0. The van der Waals surface area contributed by atoms with Crippen molar-refractivity contribution in [3.05, 3.63) is 35.4 Å². The van der Waals surface area contributed by atoms with Gasteiger partial charge in [-0.15, -0.1) is 0 Å². The largest absolute Gasteiger partial charge is 0.416 e. The van der Waals surface area contributed by atoms with Crippen molar-refractivity contribution in [1.29, 1.82) is 0 Å². The van der Waals surface area contributed by atoms with Crippen LogP contribution in [0, 0.1) is 0 Å². The van der Waals surface area contributed by atoms with Gasteiger partial charge >= 0.3 is 6.18 Å². The van der Waals surface area contributed by atoms with Crippen LogP contribution in [0.5, 0.6) is 0 Å². The molecule has 2 atom stereocenters. The Morgan fingerprint density at radius 1 is 1.45 bits per heavy atom. The first-order valence-corrected chi connectivity index (χ1v) is 6.55. The molecule has 1 aliphatic heterocycles. The molecule has 1 N–H and O–H groups in total. The summed E-state index contributed by atoms with van der Waals surface area (Å²) in [4.78, 5) is 2.00. The van der Waals surface area contributed by atoms with Gasteiger partial charge in [0.15, 0.2) is 0 Å². The topological polar surface area (TPSA) is 32.7 Å². The van der Waals surface area contributed by atoms with Crippen molar-refractivity contribution in [2.45, 2.75) is 25.3 Å². The molecule has 2 unspecified atom stereocenters. The van der Waals surface area contributed by atoms with Crippen molar-refractivity contribution in [3.8, 4) is 0 Å². The second-order valence-electron chi connectivity index (χ2n) is 5.08. The van der Waals surface area contributed by atoms with Crippen molar-refractivity contribution >= 4 is 0 Å². The Morgan fingerprint density at radius 2 is 2.20 bits per heavy atom. The lowest BCUT2D eigenvalue weighted by Crippen LogP contribution is -2.42. The highest BCUT2D eigenvalue weighted by Gasteiger charge is 2.31. The van der Waals surface area contributed by atoms with Crippen molar-refractivity contribution in [2.24, 2.45) is 0 Å². The minimum atomic E-state index is -4.39. The zero-order chi connectivity index (χ0) is 14.8. The van der Waals surface area contributed by atoms with Crippen LogP contribution < -0.4 is 0 Å². The van der Waals surface area contributed by atoms with E-state index in [4.69, 9.17) is 4.74 Å². The number of hydrogen-bond donors (Lipinski definition) is 1. The molecule has 0 amide bonds. The zero-order valence-electron chi connectivity index (χ0n) is 11.2. The summed E-state index contributed by atoms with van der Waals surface area (Å²) in [6, 6.07) is 4.86. The molecule has 1 heterocycles. The average molecular weight is 289 g/mol. The maximum atomic E-state index is 12.6. The maximum Gasteiger partial charge on any atom is 0.416 e. The summed E-state index contributed by atoms with van der Waals surface area (Å²) in [7, 11) is 0. The molecule has 0 spiro atoms. The highest BCUT2D eigenvalue weighted by molar-refractivity contribution is 5.27. The first-order valence-electron chi connectivity index (χ1n) is 6.55. The molecule has 0 radical (unpaired) electrons. The van der Waals surface area contributed by atoms with Crippen molar-refractivity contribution < 1.29 is 23.0 Å². The Morgan fingerprint density at radius 3 is 2.85 bits per heavy atom. The monoisotopic (exact) mass is 289 g/mol. The second kappa shape index (κ2) is 6.11. The third-order valence-corrected chi connectivity index (χ3v) is 3.36. The summed E-state index contributed by atoms with van der Waals surface area (Å²) in [5.41, 5.74) is -0.441. The number of morpholine rings is 1. The standard InChI is InChI=1S/C14H18F3NO2/c1-10-8-18(5-6-20-10)9-13(19)11-3-2-4-12(7-11)14(15,16)17/h2-4,7,10,13,19H,5-6,8-9H2,1H3. The van der Waals surface area contributed by atoms with Crippen LogP contribution in [-0.2, 0) is 10.9 Å². The van der Waals surface area contributed by atoms with Gasteiger partial charge in [-0.1, -0.05) is 12.1 Å². The number of nitrogens with zero attached hydrogens (tertiary/aromatic N) is 1.